The molecular formula is C8H7BrN4. The summed E-state index contributed by atoms with van der Waals surface area (Å²) in [5, 5.41) is 7.43. The van der Waals surface area contributed by atoms with Crippen molar-refractivity contribution in [1.82, 2.24) is 19.7 Å². The van der Waals surface area contributed by atoms with Crippen molar-refractivity contribution in [3.05, 3.63) is 35.0 Å². The fourth-order valence-electron chi connectivity index (χ4n) is 1.03. The molecule has 0 atom stereocenters. The lowest BCUT2D eigenvalue weighted by molar-refractivity contribution is 0.976. The largest absolute Gasteiger partial charge is 0.271 e. The Labute approximate surface area is 83.8 Å². The summed E-state index contributed by atoms with van der Waals surface area (Å²) in [6.45, 7) is 1.99. The minimum atomic E-state index is 0.801. The van der Waals surface area contributed by atoms with Gasteiger partial charge in [-0.05, 0) is 34.5 Å². The van der Waals surface area contributed by atoms with Crippen LogP contribution in [0.5, 0.6) is 0 Å². The first-order valence-corrected chi connectivity index (χ1v) is 4.54. The molecule has 2 aromatic rings. The first kappa shape index (κ1) is 8.37. The Morgan fingerprint density at radius 3 is 2.62 bits per heavy atom. The summed E-state index contributed by atoms with van der Waals surface area (Å²) in [6, 6.07) is 2.00. The Balaban J connectivity index is 2.53. The Hall–Kier alpha value is -1.23. The molecule has 0 saturated heterocycles. The molecule has 2 rings (SSSR count). The number of halogens is 1. The molecule has 5 heteroatoms. The quantitative estimate of drug-likeness (QED) is 0.761. The van der Waals surface area contributed by atoms with Crippen molar-refractivity contribution in [2.75, 3.05) is 0 Å². The van der Waals surface area contributed by atoms with E-state index in [1.807, 2.05) is 13.0 Å². The van der Waals surface area contributed by atoms with E-state index in [4.69, 9.17) is 0 Å². The van der Waals surface area contributed by atoms with Crippen molar-refractivity contribution >= 4 is 15.9 Å². The van der Waals surface area contributed by atoms with Gasteiger partial charge in [-0.2, -0.15) is 0 Å². The topological polar surface area (TPSA) is 43.6 Å². The molecule has 66 valence electrons. The van der Waals surface area contributed by atoms with Gasteiger partial charge in [-0.25, -0.2) is 4.98 Å². The van der Waals surface area contributed by atoms with Crippen LogP contribution in [0.25, 0.3) is 5.82 Å². The third-order valence-electron chi connectivity index (χ3n) is 1.62. The molecule has 2 heterocycles. The van der Waals surface area contributed by atoms with E-state index >= 15 is 0 Å². The highest BCUT2D eigenvalue weighted by atomic mass is 79.9. The summed E-state index contributed by atoms with van der Waals surface area (Å²) >= 11 is 3.43. The minimum Gasteiger partial charge on any atom is -0.271 e. The fourth-order valence-corrected chi connectivity index (χ4v) is 1.69. The molecule has 0 aromatic carbocycles. The standard InChI is InChI=1S/C8H7BrN4/c1-6-2-7(9)8(10-3-6)13-4-11-12-5-13/h2-5H,1H3. The molecule has 0 amide bonds. The van der Waals surface area contributed by atoms with Crippen LogP contribution < -0.4 is 0 Å². The van der Waals surface area contributed by atoms with E-state index < -0.39 is 0 Å². The average molecular weight is 239 g/mol. The molecule has 0 N–H and O–H groups in total. The van der Waals surface area contributed by atoms with Crippen molar-refractivity contribution in [3.8, 4) is 5.82 Å². The van der Waals surface area contributed by atoms with Crippen LogP contribution in [-0.4, -0.2) is 19.7 Å². The Morgan fingerprint density at radius 2 is 2.00 bits per heavy atom. The zero-order valence-electron chi connectivity index (χ0n) is 6.98. The maximum absolute atomic E-state index is 4.26. The van der Waals surface area contributed by atoms with Crippen LogP contribution in [0.4, 0.5) is 0 Å². The molecule has 2 aromatic heterocycles. The fraction of sp³-hybridized carbons (Fsp3) is 0.125. The van der Waals surface area contributed by atoms with E-state index in [-0.39, 0.29) is 0 Å². The summed E-state index contributed by atoms with van der Waals surface area (Å²) < 4.78 is 2.69. The van der Waals surface area contributed by atoms with Gasteiger partial charge in [-0.1, -0.05) is 0 Å². The van der Waals surface area contributed by atoms with Gasteiger partial charge in [-0.15, -0.1) is 10.2 Å². The molecule has 0 fully saturated rings. The predicted molar refractivity (Wildman–Crippen MR) is 51.6 cm³/mol. The van der Waals surface area contributed by atoms with Crippen LogP contribution >= 0.6 is 15.9 Å². The number of aryl methyl sites for hydroxylation is 1. The van der Waals surface area contributed by atoms with E-state index in [1.54, 1.807) is 23.4 Å². The van der Waals surface area contributed by atoms with E-state index in [0.717, 1.165) is 15.9 Å². The van der Waals surface area contributed by atoms with Gasteiger partial charge >= 0.3 is 0 Å². The van der Waals surface area contributed by atoms with Gasteiger partial charge < -0.3 is 0 Å². The third-order valence-corrected chi connectivity index (χ3v) is 2.21. The summed E-state index contributed by atoms with van der Waals surface area (Å²) in [7, 11) is 0. The Bertz CT molecular complexity index is 410. The molecule has 0 saturated carbocycles. The number of aromatic nitrogens is 4. The van der Waals surface area contributed by atoms with Crippen LogP contribution in [-0.2, 0) is 0 Å². The molecule has 0 aliphatic heterocycles. The highest BCUT2D eigenvalue weighted by molar-refractivity contribution is 9.10. The highest BCUT2D eigenvalue weighted by Gasteiger charge is 2.02. The monoisotopic (exact) mass is 238 g/mol. The molecule has 0 aliphatic carbocycles. The number of hydrogen-bond donors (Lipinski definition) is 0. The molecule has 0 aliphatic rings. The van der Waals surface area contributed by atoms with Gasteiger partial charge in [0.05, 0.1) is 4.47 Å². The zero-order chi connectivity index (χ0) is 9.26. The van der Waals surface area contributed by atoms with Crippen molar-refractivity contribution < 1.29 is 0 Å². The van der Waals surface area contributed by atoms with Crippen LogP contribution in [0.3, 0.4) is 0 Å². The maximum Gasteiger partial charge on any atom is 0.153 e. The van der Waals surface area contributed by atoms with Crippen molar-refractivity contribution in [2.24, 2.45) is 0 Å². The first-order chi connectivity index (χ1) is 6.27. The second kappa shape index (κ2) is 3.26. The zero-order valence-corrected chi connectivity index (χ0v) is 8.56. The van der Waals surface area contributed by atoms with Crippen LogP contribution in [0.2, 0.25) is 0 Å². The lowest BCUT2D eigenvalue weighted by Gasteiger charge is -2.02. The summed E-state index contributed by atoms with van der Waals surface area (Å²) in [5.41, 5.74) is 1.11. The lowest BCUT2D eigenvalue weighted by atomic mass is 10.3. The van der Waals surface area contributed by atoms with Crippen LogP contribution in [0.15, 0.2) is 29.4 Å². The van der Waals surface area contributed by atoms with E-state index in [1.165, 1.54) is 0 Å². The first-order valence-electron chi connectivity index (χ1n) is 3.74. The second-order valence-corrected chi connectivity index (χ2v) is 3.54. The van der Waals surface area contributed by atoms with Gasteiger partial charge in [0, 0.05) is 6.20 Å². The molecule has 0 radical (unpaired) electrons. The van der Waals surface area contributed by atoms with Gasteiger partial charge in [0.15, 0.2) is 5.82 Å². The van der Waals surface area contributed by atoms with Gasteiger partial charge in [0.1, 0.15) is 12.7 Å². The number of rotatable bonds is 1. The second-order valence-electron chi connectivity index (χ2n) is 2.69. The number of pyridine rings is 1. The smallest absolute Gasteiger partial charge is 0.153 e. The Morgan fingerprint density at radius 1 is 1.31 bits per heavy atom. The van der Waals surface area contributed by atoms with E-state index in [9.17, 15) is 0 Å². The minimum absolute atomic E-state index is 0.801. The van der Waals surface area contributed by atoms with Crippen LogP contribution in [0.1, 0.15) is 5.56 Å². The highest BCUT2D eigenvalue weighted by Crippen LogP contribution is 2.18. The third kappa shape index (κ3) is 1.60. The molecule has 13 heavy (non-hydrogen) atoms. The molecule has 4 nitrogen and oxygen atoms in total. The maximum atomic E-state index is 4.26. The molecule has 0 spiro atoms. The summed E-state index contributed by atoms with van der Waals surface area (Å²) in [4.78, 5) is 4.26. The van der Waals surface area contributed by atoms with Gasteiger partial charge in [0.2, 0.25) is 0 Å². The SMILES string of the molecule is Cc1cnc(-n2cnnc2)c(Br)c1. The Kier molecular flexibility index (Phi) is 2.10. The normalized spacial score (nSPS) is 10.3. The van der Waals surface area contributed by atoms with Crippen molar-refractivity contribution in [1.29, 1.82) is 0 Å². The van der Waals surface area contributed by atoms with E-state index in [2.05, 4.69) is 31.1 Å². The average Bonchev–Trinajstić information content (AvgIpc) is 2.56. The molecule has 0 unspecified atom stereocenters. The molecular weight excluding hydrogens is 232 g/mol. The molecule has 0 bridgehead atoms. The van der Waals surface area contributed by atoms with Crippen molar-refractivity contribution in [2.45, 2.75) is 6.92 Å². The van der Waals surface area contributed by atoms with Crippen LogP contribution in [0, 0.1) is 6.92 Å². The summed E-state index contributed by atoms with van der Waals surface area (Å²) in [5.74, 6) is 0.801. The van der Waals surface area contributed by atoms with Gasteiger partial charge in [0.25, 0.3) is 0 Å². The lowest BCUT2D eigenvalue weighted by Crippen LogP contribution is -1.95. The summed E-state index contributed by atoms with van der Waals surface area (Å²) in [6.07, 6.45) is 5.03. The number of nitrogens with zero attached hydrogens (tertiary/aromatic N) is 4. The van der Waals surface area contributed by atoms with Crippen molar-refractivity contribution in [3.63, 3.8) is 0 Å². The van der Waals surface area contributed by atoms with E-state index in [0.29, 0.717) is 0 Å². The number of hydrogen-bond acceptors (Lipinski definition) is 3. The predicted octanol–water partition coefficient (Wildman–Crippen LogP) is 1.73. The van der Waals surface area contributed by atoms with Gasteiger partial charge in [-0.3, -0.25) is 4.57 Å².